The molecule has 166 valence electrons. The van der Waals surface area contributed by atoms with Crippen molar-refractivity contribution in [1.82, 2.24) is 5.43 Å². The maximum absolute atomic E-state index is 12.1. The summed E-state index contributed by atoms with van der Waals surface area (Å²) in [6, 6.07) is 11.8. The second-order valence-electron chi connectivity index (χ2n) is 6.75. The number of aryl methyl sites for hydroxylation is 2. The molecular weight excluding hydrogens is 480 g/mol. The van der Waals surface area contributed by atoms with E-state index in [0.717, 1.165) is 15.6 Å². The quantitative estimate of drug-likeness (QED) is 0.213. The van der Waals surface area contributed by atoms with Crippen LogP contribution in [0, 0.1) is 13.8 Å². The van der Waals surface area contributed by atoms with E-state index in [1.165, 1.54) is 25.7 Å². The van der Waals surface area contributed by atoms with E-state index < -0.39 is 11.9 Å². The fourth-order valence-corrected chi connectivity index (χ4v) is 3.62. The van der Waals surface area contributed by atoms with Crippen molar-refractivity contribution in [2.24, 2.45) is 5.10 Å². The van der Waals surface area contributed by atoms with Gasteiger partial charge in [0.25, 0.3) is 5.91 Å². The lowest BCUT2D eigenvalue weighted by Crippen LogP contribution is -2.24. The van der Waals surface area contributed by atoms with Gasteiger partial charge in [0, 0.05) is 0 Å². The van der Waals surface area contributed by atoms with E-state index in [9.17, 15) is 9.59 Å². The Morgan fingerprint density at radius 1 is 1.16 bits per heavy atom. The van der Waals surface area contributed by atoms with E-state index >= 15 is 0 Å². The molecule has 0 saturated carbocycles. The number of ether oxygens (including phenoxy) is 3. The molecule has 3 aromatic rings. The summed E-state index contributed by atoms with van der Waals surface area (Å²) in [5, 5.41) is 3.92. The van der Waals surface area contributed by atoms with Crippen LogP contribution >= 0.6 is 15.9 Å². The van der Waals surface area contributed by atoms with Crippen LogP contribution in [-0.2, 0) is 4.79 Å². The highest BCUT2D eigenvalue weighted by Crippen LogP contribution is 2.30. The van der Waals surface area contributed by atoms with Gasteiger partial charge in [-0.2, -0.15) is 5.10 Å². The second kappa shape index (κ2) is 10.6. The lowest BCUT2D eigenvalue weighted by atomic mass is 10.1. The maximum atomic E-state index is 12.1. The Hall–Kier alpha value is -3.59. The van der Waals surface area contributed by atoms with Crippen molar-refractivity contribution in [2.75, 3.05) is 13.7 Å². The van der Waals surface area contributed by atoms with Crippen LogP contribution in [-0.4, -0.2) is 31.8 Å². The van der Waals surface area contributed by atoms with Crippen LogP contribution in [0.25, 0.3) is 0 Å². The molecule has 0 aliphatic carbocycles. The second-order valence-corrected chi connectivity index (χ2v) is 7.61. The number of hydrazone groups is 1. The molecule has 3 rings (SSSR count). The van der Waals surface area contributed by atoms with Gasteiger partial charge in [0.1, 0.15) is 5.75 Å². The van der Waals surface area contributed by atoms with E-state index in [-0.39, 0.29) is 18.1 Å². The standard InChI is InChI=1S/C23H21BrN2O6/c1-14-9-15(2)22(17(24)10-14)31-13-21(27)26-25-12-16-6-7-18(20(11-16)29-3)32-23(28)19-5-4-8-30-19/h4-12H,13H2,1-3H3,(H,26,27). The fraction of sp³-hybridized carbons (Fsp3) is 0.174. The Morgan fingerprint density at radius 2 is 1.97 bits per heavy atom. The van der Waals surface area contributed by atoms with Crippen LogP contribution in [0.4, 0.5) is 0 Å². The van der Waals surface area contributed by atoms with Gasteiger partial charge >= 0.3 is 5.97 Å². The average molecular weight is 501 g/mol. The van der Waals surface area contributed by atoms with Crippen LogP contribution in [0.1, 0.15) is 27.2 Å². The molecule has 0 radical (unpaired) electrons. The van der Waals surface area contributed by atoms with Gasteiger partial charge in [-0.1, -0.05) is 6.07 Å². The Morgan fingerprint density at radius 3 is 2.66 bits per heavy atom. The van der Waals surface area contributed by atoms with E-state index in [2.05, 4.69) is 26.5 Å². The molecule has 32 heavy (non-hydrogen) atoms. The lowest BCUT2D eigenvalue weighted by Gasteiger charge is -2.11. The zero-order valence-corrected chi connectivity index (χ0v) is 19.3. The molecule has 1 aromatic heterocycles. The number of amides is 1. The first-order valence-electron chi connectivity index (χ1n) is 9.52. The van der Waals surface area contributed by atoms with Crippen LogP contribution in [0.3, 0.4) is 0 Å². The van der Waals surface area contributed by atoms with Crippen molar-refractivity contribution in [3.8, 4) is 17.2 Å². The first-order chi connectivity index (χ1) is 15.4. The highest BCUT2D eigenvalue weighted by molar-refractivity contribution is 9.10. The van der Waals surface area contributed by atoms with Crippen molar-refractivity contribution >= 4 is 34.0 Å². The number of hydrogen-bond acceptors (Lipinski definition) is 7. The molecule has 0 aliphatic heterocycles. The van der Waals surface area contributed by atoms with Crippen molar-refractivity contribution in [2.45, 2.75) is 13.8 Å². The molecule has 9 heteroatoms. The first kappa shape index (κ1) is 23.1. The number of carbonyl (C=O) groups is 2. The van der Waals surface area contributed by atoms with Gasteiger partial charge in [0.2, 0.25) is 5.76 Å². The molecular formula is C23H21BrN2O6. The van der Waals surface area contributed by atoms with Crippen LogP contribution in [0.5, 0.6) is 17.2 Å². The summed E-state index contributed by atoms with van der Waals surface area (Å²) >= 11 is 3.44. The van der Waals surface area contributed by atoms with Crippen molar-refractivity contribution in [3.63, 3.8) is 0 Å². The number of nitrogens with zero attached hydrogens (tertiary/aromatic N) is 1. The minimum Gasteiger partial charge on any atom is -0.493 e. The molecule has 1 amide bonds. The Kier molecular flexibility index (Phi) is 7.67. The summed E-state index contributed by atoms with van der Waals surface area (Å²) in [4.78, 5) is 24.1. The molecule has 0 fully saturated rings. The third-order valence-corrected chi connectivity index (χ3v) is 4.83. The number of benzene rings is 2. The smallest absolute Gasteiger partial charge is 0.379 e. The molecule has 0 saturated heterocycles. The Labute approximate surface area is 193 Å². The van der Waals surface area contributed by atoms with Gasteiger partial charge in [0.05, 0.1) is 24.1 Å². The molecule has 0 spiro atoms. The van der Waals surface area contributed by atoms with E-state index in [0.29, 0.717) is 17.1 Å². The third kappa shape index (κ3) is 5.98. The van der Waals surface area contributed by atoms with Gasteiger partial charge in [-0.15, -0.1) is 0 Å². The molecule has 0 aliphatic rings. The monoisotopic (exact) mass is 500 g/mol. The van der Waals surface area contributed by atoms with E-state index in [1.807, 2.05) is 26.0 Å². The Bertz CT molecular complexity index is 1120. The van der Waals surface area contributed by atoms with Crippen molar-refractivity contribution in [1.29, 1.82) is 0 Å². The fourth-order valence-electron chi connectivity index (χ4n) is 2.83. The highest BCUT2D eigenvalue weighted by atomic mass is 79.9. The summed E-state index contributed by atoms with van der Waals surface area (Å²) in [5.41, 5.74) is 5.04. The van der Waals surface area contributed by atoms with E-state index in [4.69, 9.17) is 18.6 Å². The number of furan rings is 1. The average Bonchev–Trinajstić information content (AvgIpc) is 3.29. The summed E-state index contributed by atoms with van der Waals surface area (Å²) in [6.45, 7) is 3.70. The summed E-state index contributed by atoms with van der Waals surface area (Å²) in [7, 11) is 1.45. The summed E-state index contributed by atoms with van der Waals surface area (Å²) in [6.07, 6.45) is 2.82. The number of nitrogens with one attached hydrogen (secondary N) is 1. The van der Waals surface area contributed by atoms with Crippen LogP contribution < -0.4 is 19.6 Å². The largest absolute Gasteiger partial charge is 0.493 e. The van der Waals surface area contributed by atoms with Crippen molar-refractivity contribution in [3.05, 3.63) is 75.7 Å². The molecule has 1 N–H and O–H groups in total. The number of esters is 1. The predicted molar refractivity (Wildman–Crippen MR) is 122 cm³/mol. The van der Waals surface area contributed by atoms with Gasteiger partial charge in [-0.3, -0.25) is 4.79 Å². The molecule has 0 bridgehead atoms. The number of rotatable bonds is 8. The number of hydrogen-bond donors (Lipinski definition) is 1. The predicted octanol–water partition coefficient (Wildman–Crippen LogP) is 4.42. The minimum atomic E-state index is -0.641. The summed E-state index contributed by atoms with van der Waals surface area (Å²) in [5.74, 6) is 0.182. The normalized spacial score (nSPS) is 10.8. The molecule has 1 heterocycles. The lowest BCUT2D eigenvalue weighted by molar-refractivity contribution is -0.123. The zero-order chi connectivity index (χ0) is 23.1. The van der Waals surface area contributed by atoms with E-state index in [1.54, 1.807) is 24.3 Å². The van der Waals surface area contributed by atoms with Crippen molar-refractivity contribution < 1.29 is 28.2 Å². The molecule has 0 unspecified atom stereocenters. The minimum absolute atomic E-state index is 0.0792. The summed E-state index contributed by atoms with van der Waals surface area (Å²) < 4.78 is 22.0. The third-order valence-electron chi connectivity index (χ3n) is 4.24. The number of methoxy groups -OCH3 is 1. The maximum Gasteiger partial charge on any atom is 0.379 e. The molecule has 2 aromatic carbocycles. The zero-order valence-electron chi connectivity index (χ0n) is 17.7. The molecule has 8 nitrogen and oxygen atoms in total. The topological polar surface area (TPSA) is 99.4 Å². The molecule has 0 atom stereocenters. The van der Waals surface area contributed by atoms with Gasteiger partial charge < -0.3 is 18.6 Å². The SMILES string of the molecule is COc1cc(C=NNC(=O)COc2c(C)cc(C)cc2Br)ccc1OC(=O)c1ccco1. The van der Waals surface area contributed by atoms with Gasteiger partial charge in [-0.05, 0) is 82.9 Å². The van der Waals surface area contributed by atoms with Gasteiger partial charge in [0.15, 0.2) is 18.1 Å². The Balaban J connectivity index is 1.57. The number of carbonyl (C=O) groups excluding carboxylic acids is 2. The van der Waals surface area contributed by atoms with Crippen LogP contribution in [0.2, 0.25) is 0 Å². The van der Waals surface area contributed by atoms with Crippen LogP contribution in [0.15, 0.2) is 62.7 Å². The van der Waals surface area contributed by atoms with Gasteiger partial charge in [-0.25, -0.2) is 10.2 Å². The number of halogens is 1. The first-order valence-corrected chi connectivity index (χ1v) is 10.3. The highest BCUT2D eigenvalue weighted by Gasteiger charge is 2.15.